The molecular weight excluding hydrogens is 543 g/mol. The molecule has 5 heterocycles. The Morgan fingerprint density at radius 3 is 1.89 bits per heavy atom. The van der Waals surface area contributed by atoms with E-state index in [-0.39, 0.29) is 16.7 Å². The lowest BCUT2D eigenvalue weighted by Crippen LogP contribution is -2.36. The lowest BCUT2D eigenvalue weighted by Gasteiger charge is -2.29. The molecule has 0 atom stereocenters. The molecule has 0 spiro atoms. The van der Waals surface area contributed by atoms with Crippen LogP contribution in [0.5, 0.6) is 0 Å². The molecule has 0 N–H and O–H groups in total. The molecule has 0 amide bonds. The zero-order chi connectivity index (χ0) is 26.2. The van der Waals surface area contributed by atoms with Gasteiger partial charge in [0.1, 0.15) is 4.90 Å². The maximum Gasteiger partial charge on any atom is 0.265 e. The Bertz CT molecular complexity index is 1530. The Balaban J connectivity index is 1.61. The van der Waals surface area contributed by atoms with Gasteiger partial charge in [-0.2, -0.15) is 0 Å². The standard InChI is InChI=1S/C28H33NO2S5/c1-16(2)15-29-17-13-21(20-10-9-18(32-20)19-11-12-23(33-19)27(3,4)5)34-25(17)26-22(36(29,30)31)14-24(35-26)28(6,7)8/h9-14,16H,15H2,1-8H3. The highest BCUT2D eigenvalue weighted by atomic mass is 32.2. The summed E-state index contributed by atoms with van der Waals surface area (Å²) in [6.07, 6.45) is 0. The summed E-state index contributed by atoms with van der Waals surface area (Å²) in [4.78, 5) is 9.81. The van der Waals surface area contributed by atoms with Gasteiger partial charge in [0.15, 0.2) is 0 Å². The number of rotatable bonds is 4. The van der Waals surface area contributed by atoms with Crippen molar-refractivity contribution in [3.8, 4) is 29.3 Å². The molecule has 0 aromatic carbocycles. The predicted octanol–water partition coefficient (Wildman–Crippen LogP) is 9.69. The van der Waals surface area contributed by atoms with Crippen molar-refractivity contribution >= 4 is 61.1 Å². The molecule has 0 saturated carbocycles. The molecule has 0 saturated heterocycles. The molecule has 8 heteroatoms. The van der Waals surface area contributed by atoms with Gasteiger partial charge in [-0.3, -0.25) is 4.31 Å². The van der Waals surface area contributed by atoms with E-state index in [1.807, 2.05) is 17.4 Å². The summed E-state index contributed by atoms with van der Waals surface area (Å²) < 4.78 is 29.3. The molecule has 0 fully saturated rings. The summed E-state index contributed by atoms with van der Waals surface area (Å²) in [7, 11) is -3.59. The maximum absolute atomic E-state index is 13.8. The highest BCUT2D eigenvalue weighted by molar-refractivity contribution is 7.93. The molecule has 0 aliphatic carbocycles. The van der Waals surface area contributed by atoms with Crippen LogP contribution in [-0.2, 0) is 20.9 Å². The molecule has 5 rings (SSSR count). The molecule has 3 nitrogen and oxygen atoms in total. The lowest BCUT2D eigenvalue weighted by molar-refractivity contribution is 0.576. The third-order valence-electron chi connectivity index (χ3n) is 6.16. The van der Waals surface area contributed by atoms with E-state index in [1.165, 1.54) is 19.5 Å². The average molecular weight is 576 g/mol. The molecule has 192 valence electrons. The van der Waals surface area contributed by atoms with Gasteiger partial charge < -0.3 is 0 Å². The molecule has 1 aliphatic heterocycles. The molecule has 4 aromatic heterocycles. The summed E-state index contributed by atoms with van der Waals surface area (Å²) >= 11 is 7.00. The van der Waals surface area contributed by atoms with E-state index in [9.17, 15) is 8.42 Å². The van der Waals surface area contributed by atoms with E-state index >= 15 is 0 Å². The number of anilines is 1. The molecule has 36 heavy (non-hydrogen) atoms. The van der Waals surface area contributed by atoms with Crippen molar-refractivity contribution in [2.75, 3.05) is 10.8 Å². The van der Waals surface area contributed by atoms with Crippen LogP contribution in [0.1, 0.15) is 65.1 Å². The van der Waals surface area contributed by atoms with Crippen LogP contribution in [-0.4, -0.2) is 15.0 Å². The maximum atomic E-state index is 13.8. The first-order valence-electron chi connectivity index (χ1n) is 12.2. The Morgan fingerprint density at radius 2 is 1.31 bits per heavy atom. The number of hydrogen-bond acceptors (Lipinski definition) is 6. The van der Waals surface area contributed by atoms with Crippen LogP contribution in [0.4, 0.5) is 5.69 Å². The first kappa shape index (κ1) is 26.2. The van der Waals surface area contributed by atoms with Gasteiger partial charge in [0, 0.05) is 35.8 Å². The second-order valence-electron chi connectivity index (χ2n) is 11.9. The van der Waals surface area contributed by atoms with Crippen molar-refractivity contribution in [2.24, 2.45) is 5.92 Å². The van der Waals surface area contributed by atoms with Gasteiger partial charge in [-0.1, -0.05) is 55.4 Å². The molecule has 1 aliphatic rings. The second-order valence-corrected chi connectivity index (χ2v) is 18.0. The fraction of sp³-hybridized carbons (Fsp3) is 0.429. The van der Waals surface area contributed by atoms with Crippen LogP contribution in [0.2, 0.25) is 0 Å². The summed E-state index contributed by atoms with van der Waals surface area (Å²) in [5.74, 6) is 0.224. The van der Waals surface area contributed by atoms with Crippen molar-refractivity contribution in [2.45, 2.75) is 71.1 Å². The third kappa shape index (κ3) is 4.53. The van der Waals surface area contributed by atoms with Gasteiger partial charge in [0.2, 0.25) is 0 Å². The van der Waals surface area contributed by atoms with Crippen molar-refractivity contribution in [1.29, 1.82) is 0 Å². The van der Waals surface area contributed by atoms with Crippen molar-refractivity contribution in [1.82, 2.24) is 0 Å². The zero-order valence-electron chi connectivity index (χ0n) is 22.1. The first-order chi connectivity index (χ1) is 16.7. The minimum absolute atomic E-state index is 0.101. The summed E-state index contributed by atoms with van der Waals surface area (Å²) in [5, 5.41) is 0. The molecule has 0 radical (unpaired) electrons. The van der Waals surface area contributed by atoms with E-state index in [0.717, 1.165) is 25.2 Å². The zero-order valence-corrected chi connectivity index (χ0v) is 26.1. The Labute approximate surface area is 231 Å². The van der Waals surface area contributed by atoms with Gasteiger partial charge in [0.05, 0.1) is 15.4 Å². The van der Waals surface area contributed by atoms with Gasteiger partial charge >= 0.3 is 0 Å². The van der Waals surface area contributed by atoms with E-state index < -0.39 is 10.0 Å². The van der Waals surface area contributed by atoms with Crippen LogP contribution in [0, 0.1) is 5.92 Å². The van der Waals surface area contributed by atoms with Crippen molar-refractivity contribution in [3.63, 3.8) is 0 Å². The van der Waals surface area contributed by atoms with Crippen LogP contribution in [0.15, 0.2) is 41.3 Å². The number of nitrogens with zero attached hydrogens (tertiary/aromatic N) is 1. The fourth-order valence-corrected chi connectivity index (χ4v) is 11.2. The Kier molecular flexibility index (Phi) is 6.40. The van der Waals surface area contributed by atoms with Gasteiger partial charge in [-0.05, 0) is 53.1 Å². The number of hydrogen-bond donors (Lipinski definition) is 0. The lowest BCUT2D eigenvalue weighted by atomic mass is 9.95. The van der Waals surface area contributed by atoms with Crippen molar-refractivity contribution in [3.05, 3.63) is 46.2 Å². The fourth-order valence-electron chi connectivity index (χ4n) is 4.20. The van der Waals surface area contributed by atoms with E-state index in [4.69, 9.17) is 0 Å². The van der Waals surface area contributed by atoms with E-state index in [1.54, 1.807) is 38.3 Å². The smallest absolute Gasteiger partial charge is 0.264 e. The Hall–Kier alpha value is -1.45. The largest absolute Gasteiger partial charge is 0.265 e. The SMILES string of the molecule is CC(C)CN1c2cc(-c3ccc(-c4ccc(C(C)(C)C)s4)s3)sc2-c2sc(C(C)(C)C)cc2S1(=O)=O. The minimum Gasteiger partial charge on any atom is -0.264 e. The van der Waals surface area contributed by atoms with Crippen LogP contribution < -0.4 is 4.31 Å². The van der Waals surface area contributed by atoms with Gasteiger partial charge in [0.25, 0.3) is 10.0 Å². The Morgan fingerprint density at radius 1 is 0.722 bits per heavy atom. The third-order valence-corrected chi connectivity index (χ3v) is 13.9. The number of thiophene rings is 4. The average Bonchev–Trinajstić information content (AvgIpc) is 3.53. The van der Waals surface area contributed by atoms with E-state index in [2.05, 4.69) is 85.7 Å². The monoisotopic (exact) mass is 575 g/mol. The van der Waals surface area contributed by atoms with Gasteiger partial charge in [-0.15, -0.1) is 45.3 Å². The van der Waals surface area contributed by atoms with Crippen LogP contribution in [0.25, 0.3) is 29.3 Å². The summed E-state index contributed by atoms with van der Waals surface area (Å²) in [6.45, 7) is 17.8. The minimum atomic E-state index is -3.59. The molecule has 0 unspecified atom stereocenters. The number of sulfonamides is 1. The van der Waals surface area contributed by atoms with Crippen LogP contribution in [0.3, 0.4) is 0 Å². The van der Waals surface area contributed by atoms with E-state index in [0.29, 0.717) is 11.4 Å². The molecule has 4 aromatic rings. The first-order valence-corrected chi connectivity index (χ1v) is 16.9. The van der Waals surface area contributed by atoms with Crippen molar-refractivity contribution < 1.29 is 8.42 Å². The van der Waals surface area contributed by atoms with Crippen LogP contribution >= 0.6 is 45.3 Å². The highest BCUT2D eigenvalue weighted by Gasteiger charge is 2.40. The second kappa shape index (κ2) is 8.80. The summed E-state index contributed by atoms with van der Waals surface area (Å²) in [6, 6.07) is 12.9. The van der Waals surface area contributed by atoms with Gasteiger partial charge in [-0.25, -0.2) is 8.42 Å². The highest BCUT2D eigenvalue weighted by Crippen LogP contribution is 2.55. The topological polar surface area (TPSA) is 37.4 Å². The quantitative estimate of drug-likeness (QED) is 0.243. The normalized spacial score (nSPS) is 15.4. The number of fused-ring (bicyclic) bond motifs is 3. The predicted molar refractivity (Wildman–Crippen MR) is 161 cm³/mol. The summed E-state index contributed by atoms with van der Waals surface area (Å²) in [5.41, 5.74) is 0.876. The molecular formula is C28H33NO2S5. The molecule has 0 bridgehead atoms.